The van der Waals surface area contributed by atoms with E-state index in [9.17, 15) is 0 Å². The molecular formula is C94H52N6O4. The molecule has 0 saturated carbocycles. The Morgan fingerprint density at radius 1 is 0.163 bits per heavy atom. The van der Waals surface area contributed by atoms with Gasteiger partial charge in [-0.15, -0.1) is 0 Å². The van der Waals surface area contributed by atoms with Crippen LogP contribution in [0.15, 0.2) is 333 Å². The fourth-order valence-corrected chi connectivity index (χ4v) is 15.8. The largest absolute Gasteiger partial charge is 0.456 e. The first kappa shape index (κ1) is 57.7. The summed E-state index contributed by atoms with van der Waals surface area (Å²) < 4.78 is 27.2. The van der Waals surface area contributed by atoms with E-state index in [2.05, 4.69) is 249 Å². The molecule has 6 aromatic heterocycles. The Hall–Kier alpha value is -14.2. The second kappa shape index (κ2) is 22.7. The predicted molar refractivity (Wildman–Crippen MR) is 421 cm³/mol. The van der Waals surface area contributed by atoms with Crippen molar-refractivity contribution in [1.29, 1.82) is 0 Å². The lowest BCUT2D eigenvalue weighted by Gasteiger charge is -2.12. The minimum absolute atomic E-state index is 0.499. The Bertz CT molecular complexity index is 7360. The standard InChI is InChI=1S/C94H52N6O4/c1-4-16-53(17-5-1)58-34-42-71-81(50-58)102-78-29-15-27-74(86(71)78)93-98-91(96-92(99-93)64-33-32-56-31-30-55-20-10-11-23-66(55)75(56)48-64)63-37-41-68-61(47-63)39-45-80-85(68)73-26-14-25-69(88(73)104-80)65-49-76(87-72-43-35-59(54-18-6-2-7-19-54)51-82(72)103-83(87)52-65)94-97-89(57-21-8-3-9-22-57)95-90(100-94)62-36-40-67-60(46-62)38-44-79-84(67)70-24-12-13-28-77(70)101-79/h1-52H. The minimum atomic E-state index is 0.499. The molecule has 0 spiro atoms. The fraction of sp³-hybridized carbons (Fsp3) is 0. The van der Waals surface area contributed by atoms with Crippen molar-refractivity contribution in [2.45, 2.75) is 0 Å². The Labute approximate surface area is 592 Å². The zero-order valence-electron chi connectivity index (χ0n) is 55.3. The van der Waals surface area contributed by atoms with Gasteiger partial charge in [-0.05, 0) is 150 Å². The van der Waals surface area contributed by atoms with Crippen molar-refractivity contribution in [3.05, 3.63) is 315 Å². The summed E-state index contributed by atoms with van der Waals surface area (Å²) in [6.45, 7) is 0. The number of fused-ring (bicyclic) bond motifs is 19. The first-order valence-corrected chi connectivity index (χ1v) is 34.8. The molecule has 22 aromatic rings. The lowest BCUT2D eigenvalue weighted by atomic mass is 9.95. The molecule has 0 radical (unpaired) electrons. The monoisotopic (exact) mass is 1330 g/mol. The Morgan fingerprint density at radius 2 is 0.577 bits per heavy atom. The van der Waals surface area contributed by atoms with Crippen LogP contribution in [-0.2, 0) is 0 Å². The second-order valence-electron chi connectivity index (χ2n) is 26.8. The van der Waals surface area contributed by atoms with Crippen LogP contribution in [0, 0.1) is 0 Å². The van der Waals surface area contributed by atoms with E-state index in [0.717, 1.165) is 187 Å². The fourth-order valence-electron chi connectivity index (χ4n) is 15.8. The zero-order valence-corrected chi connectivity index (χ0v) is 55.3. The summed E-state index contributed by atoms with van der Waals surface area (Å²) in [4.78, 5) is 32.3. The van der Waals surface area contributed by atoms with Crippen LogP contribution in [0.4, 0.5) is 0 Å². The van der Waals surface area contributed by atoms with Gasteiger partial charge in [0, 0.05) is 82.0 Å². The molecule has 6 heterocycles. The van der Waals surface area contributed by atoms with Crippen molar-refractivity contribution in [3.8, 4) is 102 Å². The Morgan fingerprint density at radius 3 is 1.25 bits per heavy atom. The lowest BCUT2D eigenvalue weighted by Crippen LogP contribution is -2.00. The number of furan rings is 4. The van der Waals surface area contributed by atoms with E-state index in [1.807, 2.05) is 66.7 Å². The van der Waals surface area contributed by atoms with Crippen molar-refractivity contribution >= 4 is 131 Å². The van der Waals surface area contributed by atoms with Gasteiger partial charge in [-0.3, -0.25) is 0 Å². The number of para-hydroxylation sites is 2. The molecule has 10 heteroatoms. The highest BCUT2D eigenvalue weighted by Crippen LogP contribution is 2.47. The third-order valence-electron chi connectivity index (χ3n) is 20.7. The molecule has 104 heavy (non-hydrogen) atoms. The van der Waals surface area contributed by atoms with Gasteiger partial charge in [0.25, 0.3) is 0 Å². The summed E-state index contributed by atoms with van der Waals surface area (Å²) in [5.74, 6) is 3.22. The molecule has 0 unspecified atom stereocenters. The molecule has 0 N–H and O–H groups in total. The molecule has 16 aromatic carbocycles. The van der Waals surface area contributed by atoms with Crippen LogP contribution in [0.3, 0.4) is 0 Å². The average molecular weight is 1330 g/mol. The number of nitrogens with zero attached hydrogens (tertiary/aromatic N) is 6. The number of benzene rings is 16. The van der Waals surface area contributed by atoms with E-state index >= 15 is 0 Å². The highest BCUT2D eigenvalue weighted by molar-refractivity contribution is 6.23. The van der Waals surface area contributed by atoms with Gasteiger partial charge in [-0.1, -0.05) is 237 Å². The van der Waals surface area contributed by atoms with Crippen LogP contribution < -0.4 is 0 Å². The molecule has 0 aliphatic carbocycles. The topological polar surface area (TPSA) is 130 Å². The Kier molecular flexibility index (Phi) is 12.6. The van der Waals surface area contributed by atoms with E-state index in [0.29, 0.717) is 40.5 Å². The van der Waals surface area contributed by atoms with E-state index in [-0.39, 0.29) is 0 Å². The number of aromatic nitrogens is 6. The zero-order chi connectivity index (χ0) is 68.1. The van der Waals surface area contributed by atoms with Crippen molar-refractivity contribution in [2.24, 2.45) is 0 Å². The van der Waals surface area contributed by atoms with Gasteiger partial charge in [0.1, 0.15) is 44.7 Å². The third kappa shape index (κ3) is 9.22. The van der Waals surface area contributed by atoms with Gasteiger partial charge in [0.05, 0.1) is 0 Å². The highest BCUT2D eigenvalue weighted by atomic mass is 16.3. The van der Waals surface area contributed by atoms with Crippen LogP contribution in [0.25, 0.3) is 233 Å². The normalized spacial score (nSPS) is 12.0. The molecular weight excluding hydrogens is 1280 g/mol. The molecule has 482 valence electrons. The van der Waals surface area contributed by atoms with Gasteiger partial charge < -0.3 is 17.7 Å². The molecule has 0 bridgehead atoms. The number of rotatable bonds is 9. The molecule has 0 saturated heterocycles. The number of hydrogen-bond acceptors (Lipinski definition) is 10. The van der Waals surface area contributed by atoms with Crippen molar-refractivity contribution in [1.82, 2.24) is 29.9 Å². The quantitative estimate of drug-likeness (QED) is 0.129. The summed E-state index contributed by atoms with van der Waals surface area (Å²) in [5.41, 5.74) is 17.3. The molecule has 0 aliphatic rings. The summed E-state index contributed by atoms with van der Waals surface area (Å²) in [5, 5.41) is 16.6. The van der Waals surface area contributed by atoms with Crippen molar-refractivity contribution < 1.29 is 17.7 Å². The smallest absolute Gasteiger partial charge is 0.164 e. The van der Waals surface area contributed by atoms with Gasteiger partial charge in [-0.2, -0.15) is 0 Å². The summed E-state index contributed by atoms with van der Waals surface area (Å²) in [7, 11) is 0. The van der Waals surface area contributed by atoms with Crippen LogP contribution in [0.2, 0.25) is 0 Å². The predicted octanol–water partition coefficient (Wildman–Crippen LogP) is 25.3. The summed E-state index contributed by atoms with van der Waals surface area (Å²) in [6.07, 6.45) is 0. The van der Waals surface area contributed by atoms with Gasteiger partial charge in [0.15, 0.2) is 34.9 Å². The summed E-state index contributed by atoms with van der Waals surface area (Å²) >= 11 is 0. The van der Waals surface area contributed by atoms with Crippen LogP contribution in [-0.4, -0.2) is 29.9 Å². The first-order valence-electron chi connectivity index (χ1n) is 34.8. The van der Waals surface area contributed by atoms with Crippen LogP contribution in [0.1, 0.15) is 0 Å². The first-order chi connectivity index (χ1) is 51.5. The maximum atomic E-state index is 7.13. The molecule has 0 aliphatic heterocycles. The maximum absolute atomic E-state index is 7.13. The van der Waals surface area contributed by atoms with Gasteiger partial charge in [0.2, 0.25) is 0 Å². The van der Waals surface area contributed by atoms with E-state index < -0.39 is 0 Å². The van der Waals surface area contributed by atoms with E-state index in [1.54, 1.807) is 0 Å². The third-order valence-corrected chi connectivity index (χ3v) is 20.7. The van der Waals surface area contributed by atoms with E-state index in [4.69, 9.17) is 47.6 Å². The second-order valence-corrected chi connectivity index (χ2v) is 26.8. The highest BCUT2D eigenvalue weighted by Gasteiger charge is 2.25. The minimum Gasteiger partial charge on any atom is -0.456 e. The molecule has 10 nitrogen and oxygen atoms in total. The van der Waals surface area contributed by atoms with E-state index in [1.165, 1.54) is 5.39 Å². The van der Waals surface area contributed by atoms with Crippen LogP contribution >= 0.6 is 0 Å². The Balaban J connectivity index is 0.705. The van der Waals surface area contributed by atoms with Crippen LogP contribution in [0.5, 0.6) is 0 Å². The summed E-state index contributed by atoms with van der Waals surface area (Å²) in [6, 6.07) is 109. The van der Waals surface area contributed by atoms with Gasteiger partial charge >= 0.3 is 0 Å². The van der Waals surface area contributed by atoms with Crippen molar-refractivity contribution in [2.75, 3.05) is 0 Å². The molecule has 0 atom stereocenters. The number of hydrogen-bond donors (Lipinski definition) is 0. The van der Waals surface area contributed by atoms with Gasteiger partial charge in [-0.25, -0.2) is 29.9 Å². The van der Waals surface area contributed by atoms with Crippen molar-refractivity contribution in [3.63, 3.8) is 0 Å². The molecule has 22 rings (SSSR count). The average Bonchev–Trinajstić information content (AvgIpc) is 1.54. The maximum Gasteiger partial charge on any atom is 0.164 e. The molecule has 0 fully saturated rings. The SMILES string of the molecule is c1ccc(-c2ccc3c(c2)oc2cccc(-c4nc(-c5ccc6c(ccc7oc8c(-c9cc(-c%10nc(-c%11ccccc%11)nc(-c%11ccc%12c(ccc%13oc%14ccccc%14c%13%12)c%11)n%10)c%10c(c9)oc9cc(-c%11ccccc%11)ccc9%10)cccc8c76)c5)nc(-c5ccc6ccc7ccccc7c6c5)n4)c23)cc1. The lowest BCUT2D eigenvalue weighted by molar-refractivity contribution is 0.668. The molecule has 0 amide bonds.